The summed E-state index contributed by atoms with van der Waals surface area (Å²) in [5.74, 6) is -1.42. The van der Waals surface area contributed by atoms with E-state index in [2.05, 4.69) is 10.4 Å². The highest BCUT2D eigenvalue weighted by Crippen LogP contribution is 2.33. The average molecular weight is 469 g/mol. The minimum absolute atomic E-state index is 0.00621. The third-order valence-electron chi connectivity index (χ3n) is 5.73. The number of halogens is 2. The van der Waals surface area contributed by atoms with Gasteiger partial charge in [0.25, 0.3) is 5.91 Å². The molecule has 1 amide bonds. The Morgan fingerprint density at radius 2 is 1.94 bits per heavy atom. The zero-order valence-corrected chi connectivity index (χ0v) is 18.6. The van der Waals surface area contributed by atoms with Crippen LogP contribution < -0.4 is 14.9 Å². The first kappa shape index (κ1) is 21.5. The van der Waals surface area contributed by atoms with Crippen LogP contribution in [0.25, 0.3) is 11.3 Å². The molecule has 2 aromatic carbocycles. The number of rotatable bonds is 4. The van der Waals surface area contributed by atoms with E-state index in [9.17, 15) is 13.6 Å². The molecule has 1 aliphatic carbocycles. The third kappa shape index (κ3) is 4.73. The average Bonchev–Trinajstić information content (AvgIpc) is 3.22. The van der Waals surface area contributed by atoms with Crippen molar-refractivity contribution in [2.75, 3.05) is 11.9 Å². The lowest BCUT2D eigenvalue weighted by Crippen LogP contribution is -2.25. The number of anilines is 1. The van der Waals surface area contributed by atoms with Crippen LogP contribution in [-0.2, 0) is 4.79 Å². The van der Waals surface area contributed by atoms with E-state index < -0.39 is 11.6 Å². The highest BCUT2D eigenvalue weighted by atomic mass is 32.1. The molecule has 33 heavy (non-hydrogen) atoms. The van der Waals surface area contributed by atoms with E-state index in [1.165, 1.54) is 30.0 Å². The summed E-state index contributed by atoms with van der Waals surface area (Å²) in [6, 6.07) is 9.44. The van der Waals surface area contributed by atoms with Crippen molar-refractivity contribution in [3.05, 3.63) is 63.8 Å². The number of hydrogen-bond donors (Lipinski definition) is 1. The lowest BCUT2D eigenvalue weighted by Gasteiger charge is -2.18. The number of nitrogens with one attached hydrogen (secondary N) is 1. The van der Waals surface area contributed by atoms with Gasteiger partial charge in [0.2, 0.25) is 4.80 Å². The first-order valence-corrected chi connectivity index (χ1v) is 11.8. The van der Waals surface area contributed by atoms with Crippen LogP contribution in [0, 0.1) is 11.6 Å². The Labute approximate surface area is 193 Å². The van der Waals surface area contributed by atoms with E-state index in [0.29, 0.717) is 17.0 Å². The zero-order chi connectivity index (χ0) is 22.8. The molecular formula is C24H22F2N4O2S. The minimum atomic E-state index is -0.924. The standard InChI is InChI=1S/C24H22F2N4O2S/c25-18-8-6-15(10-19(18)26)12-27-30-21(14-33-24(30)28-17-4-2-1-3-5-17)16-7-9-22-20(11-16)29-23(31)13-32-22/h6-12,14,17H,1-5,13H2,(H,29,31). The molecule has 2 heterocycles. The molecular weight excluding hydrogens is 446 g/mol. The van der Waals surface area contributed by atoms with E-state index in [-0.39, 0.29) is 18.6 Å². The number of benzene rings is 2. The number of aromatic nitrogens is 1. The van der Waals surface area contributed by atoms with Gasteiger partial charge in [-0.3, -0.25) is 9.79 Å². The molecule has 1 N–H and O–H groups in total. The summed E-state index contributed by atoms with van der Waals surface area (Å²) in [6.45, 7) is -0.00621. The largest absolute Gasteiger partial charge is 0.482 e. The maximum absolute atomic E-state index is 13.7. The quantitative estimate of drug-likeness (QED) is 0.551. The molecule has 0 saturated heterocycles. The van der Waals surface area contributed by atoms with Crippen molar-refractivity contribution in [3.8, 4) is 17.0 Å². The van der Waals surface area contributed by atoms with Crippen molar-refractivity contribution in [1.82, 2.24) is 4.68 Å². The SMILES string of the molecule is O=C1COc2ccc(-c3csc(=NC4CCCCC4)n3N=Cc3ccc(F)c(F)c3)cc2N1. The van der Waals surface area contributed by atoms with Gasteiger partial charge in [-0.15, -0.1) is 11.3 Å². The molecule has 1 aromatic heterocycles. The molecule has 1 saturated carbocycles. The smallest absolute Gasteiger partial charge is 0.262 e. The maximum atomic E-state index is 13.7. The van der Waals surface area contributed by atoms with Crippen LogP contribution in [0.3, 0.4) is 0 Å². The van der Waals surface area contributed by atoms with Crippen LogP contribution in [0.2, 0.25) is 0 Å². The lowest BCUT2D eigenvalue weighted by molar-refractivity contribution is -0.118. The summed E-state index contributed by atoms with van der Waals surface area (Å²) in [5, 5.41) is 9.36. The third-order valence-corrected chi connectivity index (χ3v) is 6.56. The van der Waals surface area contributed by atoms with Crippen molar-refractivity contribution in [2.24, 2.45) is 10.1 Å². The molecule has 0 spiro atoms. The fourth-order valence-electron chi connectivity index (χ4n) is 4.02. The molecule has 0 atom stereocenters. The van der Waals surface area contributed by atoms with Gasteiger partial charge in [-0.05, 0) is 48.7 Å². The molecule has 1 fully saturated rings. The van der Waals surface area contributed by atoms with Crippen LogP contribution in [0.5, 0.6) is 5.75 Å². The number of fused-ring (bicyclic) bond motifs is 1. The molecule has 5 rings (SSSR count). The fourth-order valence-corrected chi connectivity index (χ4v) is 4.93. The predicted molar refractivity (Wildman–Crippen MR) is 124 cm³/mol. The number of nitrogens with zero attached hydrogens (tertiary/aromatic N) is 3. The summed E-state index contributed by atoms with van der Waals surface area (Å²) < 4.78 is 34.1. The number of thiazole rings is 1. The Balaban J connectivity index is 1.57. The lowest BCUT2D eigenvalue weighted by atomic mass is 9.96. The van der Waals surface area contributed by atoms with Gasteiger partial charge in [0.05, 0.1) is 23.6 Å². The maximum Gasteiger partial charge on any atom is 0.262 e. The van der Waals surface area contributed by atoms with Gasteiger partial charge in [0.15, 0.2) is 18.2 Å². The summed E-state index contributed by atoms with van der Waals surface area (Å²) in [7, 11) is 0. The summed E-state index contributed by atoms with van der Waals surface area (Å²) in [6.07, 6.45) is 7.13. The predicted octanol–water partition coefficient (Wildman–Crippen LogP) is 4.94. The Kier molecular flexibility index (Phi) is 6.04. The minimum Gasteiger partial charge on any atom is -0.482 e. The first-order chi connectivity index (χ1) is 16.1. The van der Waals surface area contributed by atoms with Crippen LogP contribution in [0.1, 0.15) is 37.7 Å². The fraction of sp³-hybridized carbons (Fsp3) is 0.292. The molecule has 170 valence electrons. The van der Waals surface area contributed by atoms with Crippen LogP contribution in [0.15, 0.2) is 51.9 Å². The monoisotopic (exact) mass is 468 g/mol. The molecule has 1 aliphatic heterocycles. The van der Waals surface area contributed by atoms with Gasteiger partial charge < -0.3 is 10.1 Å². The second kappa shape index (κ2) is 9.27. The van der Waals surface area contributed by atoms with Crippen molar-refractivity contribution < 1.29 is 18.3 Å². The molecule has 6 nitrogen and oxygen atoms in total. The Bertz CT molecular complexity index is 1290. The number of ether oxygens (including phenoxy) is 1. The molecule has 9 heteroatoms. The zero-order valence-electron chi connectivity index (χ0n) is 17.8. The van der Waals surface area contributed by atoms with Crippen molar-refractivity contribution in [1.29, 1.82) is 0 Å². The van der Waals surface area contributed by atoms with Crippen LogP contribution >= 0.6 is 11.3 Å². The van der Waals surface area contributed by atoms with Crippen molar-refractivity contribution >= 4 is 29.1 Å². The van der Waals surface area contributed by atoms with E-state index in [1.807, 2.05) is 23.6 Å². The molecule has 0 bridgehead atoms. The van der Waals surface area contributed by atoms with Crippen molar-refractivity contribution in [3.63, 3.8) is 0 Å². The van der Waals surface area contributed by atoms with Gasteiger partial charge in [-0.2, -0.15) is 5.10 Å². The van der Waals surface area contributed by atoms with Gasteiger partial charge in [-0.1, -0.05) is 25.3 Å². The molecule has 0 radical (unpaired) electrons. The number of carbonyl (C=O) groups excluding carboxylic acids is 1. The first-order valence-electron chi connectivity index (χ1n) is 10.9. The van der Waals surface area contributed by atoms with Gasteiger partial charge in [0.1, 0.15) is 5.75 Å². The van der Waals surface area contributed by atoms with Gasteiger partial charge in [-0.25, -0.2) is 13.5 Å². The second-order valence-electron chi connectivity index (χ2n) is 8.10. The highest BCUT2D eigenvalue weighted by molar-refractivity contribution is 7.07. The van der Waals surface area contributed by atoms with Gasteiger partial charge in [0, 0.05) is 10.9 Å². The molecule has 2 aliphatic rings. The highest BCUT2D eigenvalue weighted by Gasteiger charge is 2.18. The topological polar surface area (TPSA) is 68.0 Å². The summed E-state index contributed by atoms with van der Waals surface area (Å²) >= 11 is 1.47. The Hall–Kier alpha value is -3.33. The molecule has 3 aromatic rings. The van der Waals surface area contributed by atoms with Crippen molar-refractivity contribution in [2.45, 2.75) is 38.1 Å². The number of hydrogen-bond acceptors (Lipinski definition) is 5. The Morgan fingerprint density at radius 3 is 2.76 bits per heavy atom. The second-order valence-corrected chi connectivity index (χ2v) is 8.94. The number of amides is 1. The normalized spacial score (nSPS) is 17.2. The van der Waals surface area contributed by atoms with Crippen LogP contribution in [0.4, 0.5) is 14.5 Å². The van der Waals surface area contributed by atoms with Gasteiger partial charge >= 0.3 is 0 Å². The Morgan fingerprint density at radius 1 is 1.09 bits per heavy atom. The van der Waals surface area contributed by atoms with Crippen LogP contribution in [-0.4, -0.2) is 29.4 Å². The van der Waals surface area contributed by atoms with E-state index in [1.54, 1.807) is 4.68 Å². The van der Waals surface area contributed by atoms with E-state index in [4.69, 9.17) is 9.73 Å². The van der Waals surface area contributed by atoms with E-state index in [0.717, 1.165) is 53.9 Å². The number of carbonyl (C=O) groups is 1. The van der Waals surface area contributed by atoms with E-state index >= 15 is 0 Å². The molecule has 0 unspecified atom stereocenters. The summed E-state index contributed by atoms with van der Waals surface area (Å²) in [4.78, 5) is 17.4. The summed E-state index contributed by atoms with van der Waals surface area (Å²) in [5.41, 5.74) is 2.63.